The minimum atomic E-state index is -2.52. The Morgan fingerprint density at radius 2 is 1.92 bits per heavy atom. The Morgan fingerprint density at radius 1 is 1.11 bits per heavy atom. The van der Waals surface area contributed by atoms with Gasteiger partial charge in [0.15, 0.2) is 11.6 Å². The smallest absolute Gasteiger partial charge is 0.248 e. The van der Waals surface area contributed by atoms with E-state index < -0.39 is 5.92 Å². The number of anilines is 1. The fourth-order valence-corrected chi connectivity index (χ4v) is 5.41. The van der Waals surface area contributed by atoms with Gasteiger partial charge in [-0.2, -0.15) is 5.10 Å². The van der Waals surface area contributed by atoms with Crippen molar-refractivity contribution in [2.24, 2.45) is 5.92 Å². The largest absolute Gasteiger partial charge is 0.451 e. The summed E-state index contributed by atoms with van der Waals surface area (Å²) in [7, 11) is 0. The third kappa shape index (κ3) is 5.89. The molecule has 1 atom stereocenters. The molecule has 1 unspecified atom stereocenters. The molecule has 0 N–H and O–H groups in total. The van der Waals surface area contributed by atoms with Gasteiger partial charge in [-0.3, -0.25) is 9.58 Å². The van der Waals surface area contributed by atoms with Crippen molar-refractivity contribution in [3.05, 3.63) is 48.8 Å². The fraction of sp³-hybridized carbons (Fsp3) is 0.519. The molecule has 10 heteroatoms. The van der Waals surface area contributed by atoms with E-state index in [-0.39, 0.29) is 30.6 Å². The molecule has 1 saturated heterocycles. The fourth-order valence-electron chi connectivity index (χ4n) is 5.41. The number of rotatable bonds is 7. The van der Waals surface area contributed by atoms with E-state index in [1.807, 2.05) is 24.6 Å². The van der Waals surface area contributed by atoms with E-state index in [2.05, 4.69) is 24.9 Å². The first-order valence-corrected chi connectivity index (χ1v) is 13.0. The number of benzene rings is 1. The van der Waals surface area contributed by atoms with Crippen molar-refractivity contribution < 1.29 is 17.9 Å². The predicted molar refractivity (Wildman–Crippen MR) is 136 cm³/mol. The van der Waals surface area contributed by atoms with Gasteiger partial charge in [0.2, 0.25) is 5.92 Å². The highest BCUT2D eigenvalue weighted by Gasteiger charge is 2.37. The van der Waals surface area contributed by atoms with Crippen LogP contribution in [0.2, 0.25) is 0 Å². The summed E-state index contributed by atoms with van der Waals surface area (Å²) in [4.78, 5) is 13.1. The lowest BCUT2D eigenvalue weighted by molar-refractivity contribution is -0.0570. The highest BCUT2D eigenvalue weighted by molar-refractivity contribution is 5.69. The molecule has 2 aromatic heterocycles. The summed E-state index contributed by atoms with van der Waals surface area (Å²) in [5, 5.41) is 4.38. The second kappa shape index (κ2) is 10.7. The molecule has 37 heavy (non-hydrogen) atoms. The molecular weight excluding hydrogens is 481 g/mol. The van der Waals surface area contributed by atoms with Gasteiger partial charge in [0.25, 0.3) is 0 Å². The number of piperazine rings is 1. The van der Waals surface area contributed by atoms with Crippen LogP contribution in [0, 0.1) is 11.7 Å². The average Bonchev–Trinajstić information content (AvgIpc) is 3.36. The zero-order chi connectivity index (χ0) is 26.0. The van der Waals surface area contributed by atoms with Gasteiger partial charge < -0.3 is 9.64 Å². The zero-order valence-corrected chi connectivity index (χ0v) is 21.3. The van der Waals surface area contributed by atoms with Gasteiger partial charge in [-0.1, -0.05) is 0 Å². The van der Waals surface area contributed by atoms with Crippen LogP contribution in [0.4, 0.5) is 19.0 Å². The van der Waals surface area contributed by atoms with Crippen molar-refractivity contribution in [2.75, 3.05) is 37.6 Å². The number of alkyl halides is 2. The molecule has 0 bridgehead atoms. The number of halogens is 3. The minimum absolute atomic E-state index is 0.00711. The lowest BCUT2D eigenvalue weighted by Crippen LogP contribution is -2.48. The summed E-state index contributed by atoms with van der Waals surface area (Å²) in [5.41, 5.74) is 1.35. The Labute approximate surface area is 215 Å². The van der Waals surface area contributed by atoms with Crippen LogP contribution in [0.1, 0.15) is 45.6 Å². The van der Waals surface area contributed by atoms with Crippen molar-refractivity contribution in [3.8, 4) is 22.8 Å². The lowest BCUT2D eigenvalue weighted by atomic mass is 9.86. The number of aromatic nitrogens is 4. The van der Waals surface area contributed by atoms with Gasteiger partial charge >= 0.3 is 0 Å². The Balaban J connectivity index is 1.31. The van der Waals surface area contributed by atoms with E-state index in [4.69, 9.17) is 4.74 Å². The Kier molecular flexibility index (Phi) is 7.37. The molecule has 3 heterocycles. The maximum Gasteiger partial charge on any atom is 0.248 e. The Hall–Kier alpha value is -3.14. The third-order valence-corrected chi connectivity index (χ3v) is 7.19. The molecule has 198 valence electrons. The van der Waals surface area contributed by atoms with E-state index in [0.717, 1.165) is 25.2 Å². The zero-order valence-electron chi connectivity index (χ0n) is 21.3. The molecule has 5 rings (SSSR count). The topological polar surface area (TPSA) is 59.3 Å². The van der Waals surface area contributed by atoms with Gasteiger partial charge in [-0.15, -0.1) is 0 Å². The summed E-state index contributed by atoms with van der Waals surface area (Å²) < 4.78 is 50.1. The van der Waals surface area contributed by atoms with E-state index in [0.29, 0.717) is 48.9 Å². The van der Waals surface area contributed by atoms with Crippen molar-refractivity contribution in [3.63, 3.8) is 0 Å². The minimum Gasteiger partial charge on any atom is -0.451 e. The first-order valence-electron chi connectivity index (χ1n) is 13.0. The molecule has 1 aliphatic heterocycles. The number of hydrogen-bond acceptors (Lipinski definition) is 6. The molecule has 0 amide bonds. The van der Waals surface area contributed by atoms with Crippen LogP contribution >= 0.6 is 0 Å². The molecule has 0 spiro atoms. The summed E-state index contributed by atoms with van der Waals surface area (Å²) in [6.07, 6.45) is 6.27. The Bertz CT molecular complexity index is 1210. The number of hydrogen-bond donors (Lipinski definition) is 0. The lowest BCUT2D eigenvalue weighted by Gasteiger charge is -2.39. The molecule has 0 radical (unpaired) electrons. The maximum atomic E-state index is 14.3. The van der Waals surface area contributed by atoms with E-state index in [1.165, 1.54) is 18.5 Å². The number of ether oxygens (including phenoxy) is 1. The molecule has 3 aromatic rings. The van der Waals surface area contributed by atoms with Crippen molar-refractivity contribution in [1.82, 2.24) is 24.6 Å². The second-order valence-electron chi connectivity index (χ2n) is 10.3. The van der Waals surface area contributed by atoms with Gasteiger partial charge in [0.05, 0.1) is 11.9 Å². The summed E-state index contributed by atoms with van der Waals surface area (Å²) in [6.45, 7) is 7.67. The summed E-state index contributed by atoms with van der Waals surface area (Å²) in [5.74, 6) is -1.22. The van der Waals surface area contributed by atoms with E-state index >= 15 is 0 Å². The second-order valence-corrected chi connectivity index (χ2v) is 10.3. The molecule has 2 aliphatic rings. The van der Waals surface area contributed by atoms with Crippen LogP contribution in [0.5, 0.6) is 11.5 Å². The van der Waals surface area contributed by atoms with E-state index in [1.54, 1.807) is 18.5 Å². The van der Waals surface area contributed by atoms with Crippen LogP contribution in [0.25, 0.3) is 11.3 Å². The summed E-state index contributed by atoms with van der Waals surface area (Å²) in [6, 6.07) is 6.35. The van der Waals surface area contributed by atoms with Crippen LogP contribution in [-0.4, -0.2) is 63.3 Å². The molecule has 1 aliphatic carbocycles. The molecular formula is C27H33F3N6O. The van der Waals surface area contributed by atoms with Crippen molar-refractivity contribution >= 4 is 5.82 Å². The van der Waals surface area contributed by atoms with Crippen LogP contribution < -0.4 is 9.64 Å². The average molecular weight is 515 g/mol. The quantitative estimate of drug-likeness (QED) is 0.397. The van der Waals surface area contributed by atoms with Gasteiger partial charge in [0.1, 0.15) is 17.9 Å². The SMILES string of the molecule is CC(C)n1nccc1-c1cc(F)ccc1Oc1cncnc1N1CCN(CC2CCCC(F)(F)C2)CC1. The first kappa shape index (κ1) is 25.5. The van der Waals surface area contributed by atoms with Gasteiger partial charge in [-0.05, 0) is 56.9 Å². The van der Waals surface area contributed by atoms with Crippen molar-refractivity contribution in [2.45, 2.75) is 51.5 Å². The highest BCUT2D eigenvalue weighted by Crippen LogP contribution is 2.39. The van der Waals surface area contributed by atoms with E-state index in [9.17, 15) is 13.2 Å². The molecule has 1 saturated carbocycles. The molecule has 7 nitrogen and oxygen atoms in total. The first-order chi connectivity index (χ1) is 17.8. The monoisotopic (exact) mass is 514 g/mol. The third-order valence-electron chi connectivity index (χ3n) is 7.19. The Morgan fingerprint density at radius 3 is 2.68 bits per heavy atom. The molecule has 2 fully saturated rings. The van der Waals surface area contributed by atoms with Crippen LogP contribution in [-0.2, 0) is 0 Å². The highest BCUT2D eigenvalue weighted by atomic mass is 19.3. The van der Waals surface area contributed by atoms with Gasteiger partial charge in [0, 0.05) is 63.4 Å². The summed E-state index contributed by atoms with van der Waals surface area (Å²) >= 11 is 0. The van der Waals surface area contributed by atoms with Crippen LogP contribution in [0.3, 0.4) is 0 Å². The van der Waals surface area contributed by atoms with Gasteiger partial charge in [-0.25, -0.2) is 23.1 Å². The van der Waals surface area contributed by atoms with Crippen molar-refractivity contribution in [1.29, 1.82) is 0 Å². The normalized spacial score (nSPS) is 20.4. The number of nitrogens with zero attached hydrogens (tertiary/aromatic N) is 6. The van der Waals surface area contributed by atoms with Crippen LogP contribution in [0.15, 0.2) is 43.0 Å². The standard InChI is InChI=1S/C27H33F3N6O/c1-19(2)36-23(7-9-33-36)22-14-21(28)5-6-24(22)37-25-16-31-18-32-26(25)35-12-10-34(11-13-35)17-20-4-3-8-27(29,30)15-20/h5-7,9,14,16,18-20H,3-4,8,10-13,15,17H2,1-2H3. The molecule has 1 aromatic carbocycles. The predicted octanol–water partition coefficient (Wildman–Crippen LogP) is 5.80. The maximum absolute atomic E-state index is 14.3.